The molecule has 0 heterocycles. The Balaban J connectivity index is -0.0000000150. The van der Waals surface area contributed by atoms with Gasteiger partial charge in [0, 0.05) is 5.97 Å². The average Bonchev–Trinajstić information content (AvgIpc) is 0.811. The molecule has 0 aliphatic heterocycles. The van der Waals surface area contributed by atoms with E-state index in [1.54, 1.807) is 0 Å². The van der Waals surface area contributed by atoms with Gasteiger partial charge in [0.25, 0.3) is 0 Å². The van der Waals surface area contributed by atoms with E-state index in [1.165, 1.54) is 0 Å². The van der Waals surface area contributed by atoms with Crippen molar-refractivity contribution in [2.24, 2.45) is 0 Å². The summed E-state index contributed by atoms with van der Waals surface area (Å²) in [5.41, 5.74) is 0. The number of carboxylic acid groups (broad SMARTS) is 1. The first-order chi connectivity index (χ1) is 1.73. The summed E-state index contributed by atoms with van der Waals surface area (Å²) < 4.78 is 0. The molecule has 5 heteroatoms. The van der Waals surface area contributed by atoms with Gasteiger partial charge in [-0.15, -0.1) is 0 Å². The number of aliphatic carboxylic acids is 1. The third kappa shape index (κ3) is 810. The Hall–Kier alpha value is 0.390. The van der Waals surface area contributed by atoms with Gasteiger partial charge < -0.3 is 20.9 Å². The first-order valence-electron chi connectivity index (χ1n) is 0.908. The van der Waals surface area contributed by atoms with Gasteiger partial charge in [0.2, 0.25) is 0 Å². The summed E-state index contributed by atoms with van der Waals surface area (Å²) in [6.45, 7) is 0.972. The predicted molar refractivity (Wildman–Crippen MR) is 17.9 cm³/mol. The number of rotatable bonds is 0. The fraction of sp³-hybridized carbons (Fsp3) is 0.500. The molecule has 4 nitrogen and oxygen atoms in total. The predicted octanol–water partition coefficient (Wildman–Crippen LogP) is -5.89. The second-order valence-corrected chi connectivity index (χ2v) is 0.492. The van der Waals surface area contributed by atoms with Crippen LogP contribution in [0.25, 0.3) is 0 Å². The van der Waals surface area contributed by atoms with Gasteiger partial charge in [-0.2, -0.15) is 0 Å². The fourth-order valence-corrected chi connectivity index (χ4v) is 0. The normalized spacial score (nSPS) is 3.57. The van der Waals surface area contributed by atoms with E-state index in [-0.39, 0.29) is 40.5 Å². The topological polar surface area (TPSA) is 103 Å². The monoisotopic (exact) mass is 118 g/mol. The van der Waals surface area contributed by atoms with E-state index in [2.05, 4.69) is 0 Å². The molecule has 0 unspecified atom stereocenters. The SMILES string of the molecule is CC(=O)[O-].O.O.[Na+]. The van der Waals surface area contributed by atoms with Gasteiger partial charge in [0.1, 0.15) is 0 Å². The number of carbonyl (C=O) groups excluding carboxylic acids is 1. The van der Waals surface area contributed by atoms with E-state index in [4.69, 9.17) is 9.90 Å². The Morgan fingerprint density at radius 3 is 1.43 bits per heavy atom. The standard InChI is InChI=1S/C2H4O2.Na.2H2O/c1-2(3)4;;;/h1H3,(H,3,4);;2*1H2/q;+1;;/p-1. The number of carboxylic acids is 1. The number of carbonyl (C=O) groups is 1. The van der Waals surface area contributed by atoms with Crippen LogP contribution in [0, 0.1) is 0 Å². The minimum atomic E-state index is -1.08. The third-order valence-electron chi connectivity index (χ3n) is 0. The molecule has 0 atom stereocenters. The summed E-state index contributed by atoms with van der Waals surface area (Å²) in [6.07, 6.45) is 0. The molecular weight excluding hydrogens is 111 g/mol. The molecule has 0 spiro atoms. The second kappa shape index (κ2) is 16.2. The maximum Gasteiger partial charge on any atom is 1.00 e. The van der Waals surface area contributed by atoms with Crippen molar-refractivity contribution in [3.8, 4) is 0 Å². The summed E-state index contributed by atoms with van der Waals surface area (Å²) >= 11 is 0. The molecule has 0 radical (unpaired) electrons. The van der Waals surface area contributed by atoms with Gasteiger partial charge >= 0.3 is 29.6 Å². The van der Waals surface area contributed by atoms with Crippen molar-refractivity contribution in [1.29, 1.82) is 0 Å². The van der Waals surface area contributed by atoms with Crippen LogP contribution < -0.4 is 34.7 Å². The van der Waals surface area contributed by atoms with Crippen LogP contribution in [0.15, 0.2) is 0 Å². The van der Waals surface area contributed by atoms with Crippen molar-refractivity contribution in [1.82, 2.24) is 0 Å². The van der Waals surface area contributed by atoms with E-state index in [0.29, 0.717) is 0 Å². The summed E-state index contributed by atoms with van der Waals surface area (Å²) in [5.74, 6) is -1.08. The molecule has 4 N–H and O–H groups in total. The molecule has 40 valence electrons. The van der Waals surface area contributed by atoms with Crippen LogP contribution in [0.1, 0.15) is 6.92 Å². The van der Waals surface area contributed by atoms with Crippen molar-refractivity contribution in [3.63, 3.8) is 0 Å². The zero-order valence-electron chi connectivity index (χ0n) is 4.32. The second-order valence-electron chi connectivity index (χ2n) is 0.492. The molecule has 0 fully saturated rings. The minimum absolute atomic E-state index is 0. The summed E-state index contributed by atoms with van der Waals surface area (Å²) in [4.78, 5) is 8.89. The minimum Gasteiger partial charge on any atom is -0.550 e. The van der Waals surface area contributed by atoms with Gasteiger partial charge in [-0.3, -0.25) is 0 Å². The average molecular weight is 118 g/mol. The molecule has 0 aromatic rings. The van der Waals surface area contributed by atoms with Gasteiger partial charge in [-0.1, -0.05) is 0 Å². The molecule has 0 aliphatic carbocycles. The first kappa shape index (κ1) is 26.3. The molecule has 0 rings (SSSR count). The van der Waals surface area contributed by atoms with Gasteiger partial charge in [-0.25, -0.2) is 0 Å². The van der Waals surface area contributed by atoms with Crippen LogP contribution in [0.2, 0.25) is 0 Å². The Kier molecular flexibility index (Phi) is 60.6. The fourth-order valence-electron chi connectivity index (χ4n) is 0. The van der Waals surface area contributed by atoms with Crippen molar-refractivity contribution in [2.75, 3.05) is 0 Å². The Morgan fingerprint density at radius 2 is 1.43 bits per heavy atom. The van der Waals surface area contributed by atoms with E-state index in [1.807, 2.05) is 0 Å². The van der Waals surface area contributed by atoms with E-state index in [0.717, 1.165) is 6.92 Å². The van der Waals surface area contributed by atoms with Crippen molar-refractivity contribution in [3.05, 3.63) is 0 Å². The molecule has 0 saturated heterocycles. The van der Waals surface area contributed by atoms with Crippen LogP contribution in [0.4, 0.5) is 0 Å². The number of hydrogen-bond donors (Lipinski definition) is 0. The molecule has 0 saturated carbocycles. The largest absolute Gasteiger partial charge is 1.00 e. The Bertz CT molecular complexity index is 32.7. The molecule has 0 bridgehead atoms. The van der Waals surface area contributed by atoms with Crippen LogP contribution in [-0.4, -0.2) is 16.9 Å². The molecule has 0 amide bonds. The molecule has 7 heavy (non-hydrogen) atoms. The molecule has 0 aliphatic rings. The smallest absolute Gasteiger partial charge is 0.550 e. The Labute approximate surface area is 63.4 Å². The van der Waals surface area contributed by atoms with Gasteiger partial charge in [-0.05, 0) is 6.92 Å². The zero-order chi connectivity index (χ0) is 3.58. The molecule has 0 aromatic carbocycles. The Morgan fingerprint density at radius 1 is 1.43 bits per heavy atom. The van der Waals surface area contributed by atoms with E-state index in [9.17, 15) is 0 Å². The first-order valence-corrected chi connectivity index (χ1v) is 0.908. The summed E-state index contributed by atoms with van der Waals surface area (Å²) in [6, 6.07) is 0. The summed E-state index contributed by atoms with van der Waals surface area (Å²) in [5, 5.41) is 8.89. The van der Waals surface area contributed by atoms with Crippen molar-refractivity contribution < 1.29 is 50.4 Å². The maximum atomic E-state index is 8.89. The van der Waals surface area contributed by atoms with Crippen molar-refractivity contribution in [2.45, 2.75) is 6.92 Å². The summed E-state index contributed by atoms with van der Waals surface area (Å²) in [7, 11) is 0. The van der Waals surface area contributed by atoms with E-state index >= 15 is 0 Å². The van der Waals surface area contributed by atoms with E-state index < -0.39 is 5.97 Å². The van der Waals surface area contributed by atoms with Gasteiger partial charge in [0.05, 0.1) is 0 Å². The zero-order valence-corrected chi connectivity index (χ0v) is 6.32. The maximum absolute atomic E-state index is 8.89. The quantitative estimate of drug-likeness (QED) is 0.295. The third-order valence-corrected chi connectivity index (χ3v) is 0. The van der Waals surface area contributed by atoms with Crippen LogP contribution in [-0.2, 0) is 4.79 Å². The van der Waals surface area contributed by atoms with Crippen molar-refractivity contribution >= 4 is 5.97 Å². The van der Waals surface area contributed by atoms with Gasteiger partial charge in [0.15, 0.2) is 0 Å². The number of hydrogen-bond acceptors (Lipinski definition) is 2. The molecule has 0 aromatic heterocycles. The van der Waals surface area contributed by atoms with Crippen LogP contribution in [0.5, 0.6) is 0 Å². The molecular formula is C2H7NaO4. The van der Waals surface area contributed by atoms with Crippen LogP contribution >= 0.6 is 0 Å². The van der Waals surface area contributed by atoms with Crippen LogP contribution in [0.3, 0.4) is 0 Å².